The Morgan fingerprint density at radius 2 is 2.19 bits per heavy atom. The molecule has 0 saturated carbocycles. The average molecular weight is 322 g/mol. The number of benzene rings is 1. The van der Waals surface area contributed by atoms with Crippen molar-refractivity contribution >= 4 is 39.6 Å². The lowest BCUT2D eigenvalue weighted by Crippen LogP contribution is -2.21. The van der Waals surface area contributed by atoms with E-state index in [0.717, 1.165) is 11.4 Å². The molecule has 0 radical (unpaired) electrons. The van der Waals surface area contributed by atoms with E-state index in [1.807, 2.05) is 6.92 Å². The van der Waals surface area contributed by atoms with E-state index in [0.29, 0.717) is 16.4 Å². The van der Waals surface area contributed by atoms with Gasteiger partial charge in [0.1, 0.15) is 15.7 Å². The highest BCUT2D eigenvalue weighted by Crippen LogP contribution is 2.18. The van der Waals surface area contributed by atoms with Crippen molar-refractivity contribution in [2.45, 2.75) is 13.3 Å². The molecule has 0 aliphatic rings. The monoisotopic (exact) mass is 322 g/mol. The summed E-state index contributed by atoms with van der Waals surface area (Å²) in [6.07, 6.45) is 0.783. The molecule has 0 fully saturated rings. The molecule has 2 rings (SSSR count). The summed E-state index contributed by atoms with van der Waals surface area (Å²) >= 11 is 6.27. The first-order valence-electron chi connectivity index (χ1n) is 6.24. The van der Waals surface area contributed by atoms with Crippen LogP contribution in [0.5, 0.6) is 5.75 Å². The summed E-state index contributed by atoms with van der Waals surface area (Å²) in [6.45, 7) is 1.82. The normalized spacial score (nSPS) is 10.1. The first kappa shape index (κ1) is 15.3. The van der Waals surface area contributed by atoms with Crippen LogP contribution in [0.4, 0.5) is 5.13 Å². The van der Waals surface area contributed by atoms with Crippen LogP contribution < -0.4 is 15.8 Å². The second-order valence-corrected chi connectivity index (χ2v) is 5.55. The van der Waals surface area contributed by atoms with E-state index in [-0.39, 0.29) is 17.5 Å². The van der Waals surface area contributed by atoms with E-state index < -0.39 is 0 Å². The Morgan fingerprint density at radius 3 is 2.86 bits per heavy atom. The second kappa shape index (κ2) is 7.09. The van der Waals surface area contributed by atoms with Crippen LogP contribution in [0.3, 0.4) is 0 Å². The van der Waals surface area contributed by atoms with Crippen molar-refractivity contribution in [3.63, 3.8) is 0 Å². The number of hydrogen-bond acceptors (Lipinski definition) is 6. The van der Waals surface area contributed by atoms with Crippen LogP contribution in [0, 0.1) is 0 Å². The van der Waals surface area contributed by atoms with Gasteiger partial charge in [-0.1, -0.05) is 42.6 Å². The lowest BCUT2D eigenvalue weighted by molar-refractivity contribution is -0.118. The molecule has 0 aliphatic heterocycles. The molecule has 21 heavy (non-hydrogen) atoms. The number of rotatable bonds is 6. The van der Waals surface area contributed by atoms with E-state index in [1.165, 1.54) is 11.3 Å². The van der Waals surface area contributed by atoms with Gasteiger partial charge in [-0.05, 0) is 18.6 Å². The summed E-state index contributed by atoms with van der Waals surface area (Å²) in [4.78, 5) is 12.0. The number of aromatic nitrogens is 2. The van der Waals surface area contributed by atoms with Gasteiger partial charge in [-0.2, -0.15) is 0 Å². The average Bonchev–Trinajstić information content (AvgIpc) is 2.93. The molecule has 0 spiro atoms. The van der Waals surface area contributed by atoms with Gasteiger partial charge in [-0.15, -0.1) is 10.2 Å². The number of para-hydroxylation sites is 1. The van der Waals surface area contributed by atoms with Crippen LogP contribution in [0.2, 0.25) is 0 Å². The van der Waals surface area contributed by atoms with Crippen molar-refractivity contribution < 1.29 is 9.53 Å². The van der Waals surface area contributed by atoms with Gasteiger partial charge in [-0.25, -0.2) is 0 Å². The largest absolute Gasteiger partial charge is 0.483 e. The minimum Gasteiger partial charge on any atom is -0.483 e. The maximum absolute atomic E-state index is 11.8. The minimum absolute atomic E-state index is 0.152. The Balaban J connectivity index is 1.94. The molecule has 1 heterocycles. The van der Waals surface area contributed by atoms with Gasteiger partial charge in [0.25, 0.3) is 5.91 Å². The van der Waals surface area contributed by atoms with Crippen LogP contribution in [-0.2, 0) is 11.2 Å². The van der Waals surface area contributed by atoms with Crippen molar-refractivity contribution in [2.75, 3.05) is 11.9 Å². The maximum atomic E-state index is 11.8. The van der Waals surface area contributed by atoms with E-state index in [2.05, 4.69) is 15.5 Å². The lowest BCUT2D eigenvalue weighted by Gasteiger charge is -2.09. The third-order valence-corrected chi connectivity index (χ3v) is 3.73. The number of hydrogen-bond donors (Lipinski definition) is 2. The molecule has 2 aromatic rings. The number of aryl methyl sites for hydroxylation is 1. The fourth-order valence-electron chi connectivity index (χ4n) is 1.54. The molecule has 0 saturated heterocycles. The zero-order valence-corrected chi connectivity index (χ0v) is 13.0. The van der Waals surface area contributed by atoms with Crippen LogP contribution >= 0.6 is 23.6 Å². The summed E-state index contributed by atoms with van der Waals surface area (Å²) in [5.41, 5.74) is 6.20. The van der Waals surface area contributed by atoms with Gasteiger partial charge in [-0.3, -0.25) is 10.1 Å². The van der Waals surface area contributed by atoms with Gasteiger partial charge >= 0.3 is 0 Å². The quantitative estimate of drug-likeness (QED) is 0.788. The molecule has 8 heteroatoms. The van der Waals surface area contributed by atoms with Crippen LogP contribution in [0.25, 0.3) is 0 Å². The number of nitrogens with two attached hydrogens (primary N) is 1. The molecule has 0 bridgehead atoms. The van der Waals surface area contributed by atoms with Crippen molar-refractivity contribution in [3.05, 3.63) is 34.8 Å². The van der Waals surface area contributed by atoms with Gasteiger partial charge in [0.2, 0.25) is 5.13 Å². The topological polar surface area (TPSA) is 90.1 Å². The minimum atomic E-state index is -0.313. The lowest BCUT2D eigenvalue weighted by atomic mass is 10.2. The first-order chi connectivity index (χ1) is 10.1. The molecule has 6 nitrogen and oxygen atoms in total. The fraction of sp³-hybridized carbons (Fsp3) is 0.231. The Kier molecular flexibility index (Phi) is 5.18. The smallest absolute Gasteiger partial charge is 0.264 e. The molecule has 1 aromatic heterocycles. The van der Waals surface area contributed by atoms with Gasteiger partial charge in [0.15, 0.2) is 6.61 Å². The number of anilines is 1. The van der Waals surface area contributed by atoms with Gasteiger partial charge in [0.05, 0.1) is 5.56 Å². The zero-order chi connectivity index (χ0) is 15.2. The van der Waals surface area contributed by atoms with E-state index in [4.69, 9.17) is 22.7 Å². The van der Waals surface area contributed by atoms with E-state index in [9.17, 15) is 4.79 Å². The predicted molar refractivity (Wildman–Crippen MR) is 85.7 cm³/mol. The Morgan fingerprint density at radius 1 is 1.43 bits per heavy atom. The summed E-state index contributed by atoms with van der Waals surface area (Å²) in [6, 6.07) is 7.04. The summed E-state index contributed by atoms with van der Waals surface area (Å²) in [7, 11) is 0. The molecule has 0 unspecified atom stereocenters. The number of thiocarbonyl (C=S) groups is 1. The van der Waals surface area contributed by atoms with Crippen molar-refractivity contribution in [3.8, 4) is 5.75 Å². The van der Waals surface area contributed by atoms with Crippen molar-refractivity contribution in [1.29, 1.82) is 0 Å². The third-order valence-electron chi connectivity index (χ3n) is 2.53. The third kappa shape index (κ3) is 4.20. The Labute approximate surface area is 131 Å². The SMILES string of the molecule is CCc1nnc(NC(=O)COc2ccccc2C(N)=S)s1. The molecule has 1 amide bonds. The number of nitrogens with one attached hydrogen (secondary N) is 1. The van der Waals surface area contributed by atoms with Crippen LogP contribution in [0.1, 0.15) is 17.5 Å². The molecule has 110 valence electrons. The van der Waals surface area contributed by atoms with Crippen molar-refractivity contribution in [1.82, 2.24) is 10.2 Å². The van der Waals surface area contributed by atoms with Gasteiger partial charge in [0, 0.05) is 0 Å². The molecular weight excluding hydrogens is 308 g/mol. The number of carbonyl (C=O) groups is 1. The highest BCUT2D eigenvalue weighted by atomic mass is 32.1. The summed E-state index contributed by atoms with van der Waals surface area (Å²) in [5, 5.41) is 11.8. The van der Waals surface area contributed by atoms with Gasteiger partial charge < -0.3 is 10.5 Å². The summed E-state index contributed by atoms with van der Waals surface area (Å²) < 4.78 is 5.44. The van der Waals surface area contributed by atoms with Crippen LogP contribution in [-0.4, -0.2) is 27.7 Å². The number of amides is 1. The van der Waals surface area contributed by atoms with E-state index >= 15 is 0 Å². The fourth-order valence-corrected chi connectivity index (χ4v) is 2.41. The Bertz CT molecular complexity index is 657. The highest BCUT2D eigenvalue weighted by Gasteiger charge is 2.10. The predicted octanol–water partition coefficient (Wildman–Crippen LogP) is 1.75. The second-order valence-electron chi connectivity index (χ2n) is 4.05. The maximum Gasteiger partial charge on any atom is 0.264 e. The van der Waals surface area contributed by atoms with Crippen LogP contribution in [0.15, 0.2) is 24.3 Å². The number of ether oxygens (including phenoxy) is 1. The first-order valence-corrected chi connectivity index (χ1v) is 7.46. The van der Waals surface area contributed by atoms with E-state index in [1.54, 1.807) is 24.3 Å². The molecular formula is C13H14N4O2S2. The zero-order valence-electron chi connectivity index (χ0n) is 11.3. The van der Waals surface area contributed by atoms with Crippen molar-refractivity contribution in [2.24, 2.45) is 5.73 Å². The number of carbonyl (C=O) groups excluding carboxylic acids is 1. The molecule has 0 aliphatic carbocycles. The molecule has 3 N–H and O–H groups in total. The number of nitrogens with zero attached hydrogens (tertiary/aromatic N) is 2. The molecule has 1 aromatic carbocycles. The Hall–Kier alpha value is -2.06. The molecule has 0 atom stereocenters. The standard InChI is InChI=1S/C13H14N4O2S2/c1-2-11-16-17-13(21-11)15-10(18)7-19-9-6-4-3-5-8(9)12(14)20/h3-6H,2,7H2,1H3,(H2,14,20)(H,15,17,18). The highest BCUT2D eigenvalue weighted by molar-refractivity contribution is 7.80. The summed E-state index contributed by atoms with van der Waals surface area (Å²) in [5.74, 6) is 0.165.